The third kappa shape index (κ3) is 2.48. The molecule has 72 valence electrons. The van der Waals surface area contributed by atoms with Gasteiger partial charge in [-0.25, -0.2) is 8.78 Å². The lowest BCUT2D eigenvalue weighted by Gasteiger charge is -2.07. The van der Waals surface area contributed by atoms with Crippen molar-refractivity contribution < 1.29 is 13.9 Å². The SMILES string of the molecule is CC(O)Cc1c(F)ccc(Br)c1F. The van der Waals surface area contributed by atoms with Crippen LogP contribution in [0.3, 0.4) is 0 Å². The highest BCUT2D eigenvalue weighted by Gasteiger charge is 2.13. The first kappa shape index (κ1) is 10.6. The summed E-state index contributed by atoms with van der Waals surface area (Å²) in [6.07, 6.45) is -0.768. The standard InChI is InChI=1S/C9H9BrF2O/c1-5(13)4-6-8(11)3-2-7(10)9(6)12/h2-3,5,13H,4H2,1H3. The maximum atomic E-state index is 13.2. The van der Waals surface area contributed by atoms with E-state index in [1.54, 1.807) is 0 Å². The Morgan fingerprint density at radius 3 is 2.62 bits per heavy atom. The van der Waals surface area contributed by atoms with E-state index in [0.29, 0.717) is 0 Å². The molecule has 0 saturated heterocycles. The number of halogens is 3. The normalized spacial score (nSPS) is 13.0. The predicted molar refractivity (Wildman–Crippen MR) is 49.4 cm³/mol. The van der Waals surface area contributed by atoms with Gasteiger partial charge >= 0.3 is 0 Å². The Morgan fingerprint density at radius 2 is 2.08 bits per heavy atom. The van der Waals surface area contributed by atoms with E-state index in [1.807, 2.05) is 0 Å². The van der Waals surface area contributed by atoms with Crippen molar-refractivity contribution in [1.82, 2.24) is 0 Å². The summed E-state index contributed by atoms with van der Waals surface area (Å²) < 4.78 is 26.5. The van der Waals surface area contributed by atoms with Gasteiger partial charge in [0.05, 0.1) is 10.6 Å². The summed E-state index contributed by atoms with van der Waals surface area (Å²) in [6.45, 7) is 1.49. The first-order valence-corrected chi connectivity index (χ1v) is 4.62. The van der Waals surface area contributed by atoms with Crippen molar-refractivity contribution in [3.05, 3.63) is 33.8 Å². The van der Waals surface area contributed by atoms with Crippen LogP contribution in [0.5, 0.6) is 0 Å². The molecule has 0 heterocycles. The Kier molecular flexibility index (Phi) is 3.39. The third-order valence-corrected chi connectivity index (χ3v) is 2.25. The number of aliphatic hydroxyl groups is 1. The van der Waals surface area contributed by atoms with Gasteiger partial charge in [0.1, 0.15) is 11.6 Å². The fourth-order valence-corrected chi connectivity index (χ4v) is 1.42. The van der Waals surface area contributed by atoms with Gasteiger partial charge in [-0.15, -0.1) is 0 Å². The maximum Gasteiger partial charge on any atom is 0.143 e. The summed E-state index contributed by atoms with van der Waals surface area (Å²) in [5, 5.41) is 9.00. The van der Waals surface area contributed by atoms with Gasteiger partial charge in [0.25, 0.3) is 0 Å². The monoisotopic (exact) mass is 250 g/mol. The molecule has 0 aliphatic carbocycles. The largest absolute Gasteiger partial charge is 0.393 e. The average Bonchev–Trinajstić information content (AvgIpc) is 2.05. The molecule has 1 aromatic rings. The number of hydrogen-bond donors (Lipinski definition) is 1. The van der Waals surface area contributed by atoms with Gasteiger partial charge in [0, 0.05) is 12.0 Å². The predicted octanol–water partition coefficient (Wildman–Crippen LogP) is 2.65. The molecule has 1 atom stereocenters. The van der Waals surface area contributed by atoms with Crippen molar-refractivity contribution in [3.63, 3.8) is 0 Å². The molecule has 13 heavy (non-hydrogen) atoms. The first-order valence-electron chi connectivity index (χ1n) is 3.82. The molecule has 1 aromatic carbocycles. The van der Waals surface area contributed by atoms with Crippen LogP contribution in [0.4, 0.5) is 8.78 Å². The molecule has 0 saturated carbocycles. The van der Waals surface area contributed by atoms with Crippen molar-refractivity contribution >= 4 is 15.9 Å². The highest BCUT2D eigenvalue weighted by Crippen LogP contribution is 2.22. The molecule has 1 N–H and O–H groups in total. The second-order valence-corrected chi connectivity index (χ2v) is 3.73. The molecule has 0 aliphatic heterocycles. The van der Waals surface area contributed by atoms with Gasteiger partial charge < -0.3 is 5.11 Å². The van der Waals surface area contributed by atoms with E-state index in [0.717, 1.165) is 0 Å². The third-order valence-electron chi connectivity index (χ3n) is 1.64. The molecule has 0 radical (unpaired) electrons. The minimum absolute atomic E-state index is 0.0168. The van der Waals surface area contributed by atoms with E-state index < -0.39 is 17.7 Å². The summed E-state index contributed by atoms with van der Waals surface area (Å²) in [7, 11) is 0. The van der Waals surface area contributed by atoms with Crippen LogP contribution in [0.2, 0.25) is 0 Å². The summed E-state index contributed by atoms with van der Waals surface area (Å²) >= 11 is 2.95. The van der Waals surface area contributed by atoms with E-state index in [1.165, 1.54) is 19.1 Å². The number of hydrogen-bond acceptors (Lipinski definition) is 1. The summed E-state index contributed by atoms with van der Waals surface area (Å²) in [6, 6.07) is 2.47. The summed E-state index contributed by atoms with van der Waals surface area (Å²) in [4.78, 5) is 0. The average molecular weight is 251 g/mol. The molecule has 0 fully saturated rings. The van der Waals surface area contributed by atoms with Crippen molar-refractivity contribution in [2.45, 2.75) is 19.4 Å². The van der Waals surface area contributed by atoms with Crippen LogP contribution < -0.4 is 0 Å². The lowest BCUT2D eigenvalue weighted by molar-refractivity contribution is 0.192. The number of aliphatic hydroxyl groups excluding tert-OH is 1. The van der Waals surface area contributed by atoms with E-state index in [-0.39, 0.29) is 16.5 Å². The Balaban J connectivity index is 3.10. The molecular formula is C9H9BrF2O. The first-order chi connectivity index (χ1) is 6.02. The number of benzene rings is 1. The highest BCUT2D eigenvalue weighted by molar-refractivity contribution is 9.10. The zero-order chi connectivity index (χ0) is 10.0. The summed E-state index contributed by atoms with van der Waals surface area (Å²) in [5.41, 5.74) is -0.0793. The van der Waals surface area contributed by atoms with Crippen LogP contribution in [0.25, 0.3) is 0 Å². The zero-order valence-corrected chi connectivity index (χ0v) is 8.61. The highest BCUT2D eigenvalue weighted by atomic mass is 79.9. The molecular weight excluding hydrogens is 242 g/mol. The quantitative estimate of drug-likeness (QED) is 0.801. The topological polar surface area (TPSA) is 20.2 Å². The van der Waals surface area contributed by atoms with E-state index in [2.05, 4.69) is 15.9 Å². The van der Waals surface area contributed by atoms with Crippen molar-refractivity contribution in [2.75, 3.05) is 0 Å². The minimum atomic E-state index is -0.752. The van der Waals surface area contributed by atoms with Crippen LogP contribution >= 0.6 is 15.9 Å². The van der Waals surface area contributed by atoms with Crippen LogP contribution in [-0.2, 0) is 6.42 Å². The second kappa shape index (κ2) is 4.15. The molecule has 0 aliphatic rings. The molecule has 0 bridgehead atoms. The van der Waals surface area contributed by atoms with Crippen molar-refractivity contribution in [1.29, 1.82) is 0 Å². The lowest BCUT2D eigenvalue weighted by atomic mass is 10.1. The molecule has 1 nitrogen and oxygen atoms in total. The van der Waals surface area contributed by atoms with Gasteiger partial charge in [0.2, 0.25) is 0 Å². The molecule has 0 amide bonds. The van der Waals surface area contributed by atoms with Crippen LogP contribution in [-0.4, -0.2) is 11.2 Å². The Hall–Kier alpha value is -0.480. The Morgan fingerprint density at radius 1 is 1.46 bits per heavy atom. The van der Waals surface area contributed by atoms with E-state index in [4.69, 9.17) is 5.11 Å². The van der Waals surface area contributed by atoms with Gasteiger partial charge in [-0.05, 0) is 35.0 Å². The molecule has 1 unspecified atom stereocenters. The van der Waals surface area contributed by atoms with Crippen LogP contribution in [0.15, 0.2) is 16.6 Å². The summed E-state index contributed by atoms with van der Waals surface area (Å²) in [5.74, 6) is -1.26. The van der Waals surface area contributed by atoms with E-state index in [9.17, 15) is 8.78 Å². The smallest absolute Gasteiger partial charge is 0.143 e. The van der Waals surface area contributed by atoms with Crippen molar-refractivity contribution in [3.8, 4) is 0 Å². The van der Waals surface area contributed by atoms with Gasteiger partial charge in [0.15, 0.2) is 0 Å². The zero-order valence-electron chi connectivity index (χ0n) is 7.02. The molecule has 4 heteroatoms. The Bertz CT molecular complexity index is 313. The molecule has 0 aromatic heterocycles. The second-order valence-electron chi connectivity index (χ2n) is 2.87. The Labute approximate surface area is 83.5 Å². The fraction of sp³-hybridized carbons (Fsp3) is 0.333. The maximum absolute atomic E-state index is 13.2. The van der Waals surface area contributed by atoms with Crippen LogP contribution in [0.1, 0.15) is 12.5 Å². The number of rotatable bonds is 2. The molecule has 1 rings (SSSR count). The van der Waals surface area contributed by atoms with Gasteiger partial charge in [-0.2, -0.15) is 0 Å². The fourth-order valence-electron chi connectivity index (χ4n) is 1.05. The van der Waals surface area contributed by atoms with Gasteiger partial charge in [-0.3, -0.25) is 0 Å². The van der Waals surface area contributed by atoms with Gasteiger partial charge in [-0.1, -0.05) is 0 Å². The van der Waals surface area contributed by atoms with E-state index >= 15 is 0 Å². The minimum Gasteiger partial charge on any atom is -0.393 e. The van der Waals surface area contributed by atoms with Crippen LogP contribution in [0, 0.1) is 11.6 Å². The van der Waals surface area contributed by atoms with Crippen molar-refractivity contribution in [2.24, 2.45) is 0 Å². The molecule has 0 spiro atoms. The lowest BCUT2D eigenvalue weighted by Crippen LogP contribution is -2.08.